The van der Waals surface area contributed by atoms with Gasteiger partial charge < -0.3 is 9.80 Å². The third kappa shape index (κ3) is 2.46. The SMILES string of the molecule is Cc1nc2c(c(N(C)C3CN(c4cn[nH]c(=O)c4)C3)n1)CCC2. The molecule has 0 atom stereocenters. The monoisotopic (exact) mass is 312 g/mol. The maximum Gasteiger partial charge on any atom is 0.266 e. The van der Waals surface area contributed by atoms with Gasteiger partial charge in [-0.3, -0.25) is 4.79 Å². The zero-order chi connectivity index (χ0) is 16.0. The Balaban J connectivity index is 1.52. The third-order valence-corrected chi connectivity index (χ3v) is 4.78. The molecule has 7 heteroatoms. The number of likely N-dealkylation sites (N-methyl/N-ethyl adjacent to an activating group) is 1. The molecule has 1 fully saturated rings. The summed E-state index contributed by atoms with van der Waals surface area (Å²) >= 11 is 0. The van der Waals surface area contributed by atoms with Gasteiger partial charge in [-0.15, -0.1) is 0 Å². The van der Waals surface area contributed by atoms with Crippen molar-refractivity contribution in [3.05, 3.63) is 39.7 Å². The maximum atomic E-state index is 11.4. The van der Waals surface area contributed by atoms with Gasteiger partial charge in [-0.05, 0) is 26.2 Å². The first kappa shape index (κ1) is 14.2. The first-order valence-electron chi connectivity index (χ1n) is 8.01. The van der Waals surface area contributed by atoms with Gasteiger partial charge >= 0.3 is 0 Å². The van der Waals surface area contributed by atoms with E-state index in [-0.39, 0.29) is 5.56 Å². The Morgan fingerprint density at radius 2 is 2.13 bits per heavy atom. The first-order valence-corrected chi connectivity index (χ1v) is 8.01. The minimum Gasteiger partial charge on any atom is -0.366 e. The van der Waals surface area contributed by atoms with Gasteiger partial charge in [0.1, 0.15) is 11.6 Å². The van der Waals surface area contributed by atoms with Crippen LogP contribution in [-0.4, -0.2) is 46.3 Å². The Morgan fingerprint density at radius 1 is 1.30 bits per heavy atom. The minimum atomic E-state index is -0.163. The average Bonchev–Trinajstić information content (AvgIpc) is 2.92. The number of anilines is 2. The molecule has 1 aliphatic carbocycles. The molecule has 0 spiro atoms. The molecular formula is C16H20N6O. The van der Waals surface area contributed by atoms with Crippen LogP contribution in [0.1, 0.15) is 23.5 Å². The normalized spacial score (nSPS) is 17.0. The van der Waals surface area contributed by atoms with Crippen LogP contribution in [0.2, 0.25) is 0 Å². The highest BCUT2D eigenvalue weighted by molar-refractivity contribution is 5.55. The standard InChI is InChI=1S/C16H20N6O/c1-10-18-14-5-3-4-13(14)16(19-10)21(2)12-8-22(9-12)11-6-15(23)20-17-7-11/h6-7,12H,3-5,8-9H2,1-2H3,(H,20,23). The van der Waals surface area contributed by atoms with Gasteiger partial charge in [0.15, 0.2) is 0 Å². The number of aromatic nitrogens is 4. The highest BCUT2D eigenvalue weighted by atomic mass is 16.1. The Labute approximate surface area is 134 Å². The highest BCUT2D eigenvalue weighted by Gasteiger charge is 2.33. The smallest absolute Gasteiger partial charge is 0.266 e. The van der Waals surface area contributed by atoms with Crippen LogP contribution in [0.5, 0.6) is 0 Å². The topological polar surface area (TPSA) is 78.0 Å². The van der Waals surface area contributed by atoms with Crippen molar-refractivity contribution < 1.29 is 0 Å². The molecule has 0 radical (unpaired) electrons. The Morgan fingerprint density at radius 3 is 2.91 bits per heavy atom. The molecule has 120 valence electrons. The Bertz CT molecular complexity index is 795. The van der Waals surface area contributed by atoms with Gasteiger partial charge in [0.05, 0.1) is 17.9 Å². The second-order valence-electron chi connectivity index (χ2n) is 6.35. The van der Waals surface area contributed by atoms with Crippen molar-refractivity contribution in [2.24, 2.45) is 0 Å². The van der Waals surface area contributed by atoms with Crippen LogP contribution in [0.25, 0.3) is 0 Å². The molecule has 0 bridgehead atoms. The van der Waals surface area contributed by atoms with E-state index in [0.29, 0.717) is 6.04 Å². The van der Waals surface area contributed by atoms with Crippen molar-refractivity contribution in [2.45, 2.75) is 32.2 Å². The van der Waals surface area contributed by atoms with Crippen molar-refractivity contribution in [1.29, 1.82) is 0 Å². The average molecular weight is 312 g/mol. The molecule has 1 aliphatic heterocycles. The van der Waals surface area contributed by atoms with Crippen LogP contribution in [-0.2, 0) is 12.8 Å². The van der Waals surface area contributed by atoms with E-state index in [1.165, 1.54) is 17.7 Å². The van der Waals surface area contributed by atoms with Crippen LogP contribution in [0.15, 0.2) is 17.1 Å². The number of H-pyrrole nitrogens is 1. The fraction of sp³-hybridized carbons (Fsp3) is 0.500. The molecule has 2 aromatic heterocycles. The molecular weight excluding hydrogens is 292 g/mol. The Hall–Kier alpha value is -2.44. The van der Waals surface area contributed by atoms with Gasteiger partial charge in [0, 0.05) is 37.5 Å². The second-order valence-corrected chi connectivity index (χ2v) is 6.35. The number of hydrogen-bond donors (Lipinski definition) is 1. The van der Waals surface area contributed by atoms with E-state index in [2.05, 4.69) is 37.0 Å². The number of nitrogens with zero attached hydrogens (tertiary/aromatic N) is 5. The molecule has 0 amide bonds. The maximum absolute atomic E-state index is 11.4. The zero-order valence-electron chi connectivity index (χ0n) is 13.4. The van der Waals surface area contributed by atoms with E-state index in [4.69, 9.17) is 0 Å². The number of nitrogens with one attached hydrogen (secondary N) is 1. The predicted molar refractivity (Wildman–Crippen MR) is 88.1 cm³/mol. The lowest BCUT2D eigenvalue weighted by atomic mass is 10.1. The number of hydrogen-bond acceptors (Lipinski definition) is 6. The van der Waals surface area contributed by atoms with E-state index < -0.39 is 0 Å². The highest BCUT2D eigenvalue weighted by Crippen LogP contribution is 2.31. The van der Waals surface area contributed by atoms with Gasteiger partial charge in [0.25, 0.3) is 5.56 Å². The molecule has 2 aliphatic rings. The summed E-state index contributed by atoms with van der Waals surface area (Å²) in [6, 6.07) is 1.99. The van der Waals surface area contributed by atoms with Crippen molar-refractivity contribution in [2.75, 3.05) is 29.9 Å². The van der Waals surface area contributed by atoms with Crippen LogP contribution in [0.4, 0.5) is 11.5 Å². The Kier molecular flexibility index (Phi) is 3.28. The summed E-state index contributed by atoms with van der Waals surface area (Å²) in [6.45, 7) is 3.71. The molecule has 0 saturated carbocycles. The lowest BCUT2D eigenvalue weighted by molar-refractivity contribution is 0.491. The van der Waals surface area contributed by atoms with E-state index in [1.807, 2.05) is 6.92 Å². The summed E-state index contributed by atoms with van der Waals surface area (Å²) in [6.07, 6.45) is 5.01. The predicted octanol–water partition coefficient (Wildman–Crippen LogP) is 0.682. The number of rotatable bonds is 3. The van der Waals surface area contributed by atoms with Gasteiger partial charge in [0.2, 0.25) is 0 Å². The fourth-order valence-electron chi connectivity index (χ4n) is 3.45. The zero-order valence-corrected chi connectivity index (χ0v) is 13.4. The summed E-state index contributed by atoms with van der Waals surface area (Å²) in [5.41, 5.74) is 3.25. The van der Waals surface area contributed by atoms with Crippen molar-refractivity contribution >= 4 is 11.5 Å². The van der Waals surface area contributed by atoms with Crippen LogP contribution < -0.4 is 15.4 Å². The minimum absolute atomic E-state index is 0.163. The molecule has 3 heterocycles. The molecule has 23 heavy (non-hydrogen) atoms. The van der Waals surface area contributed by atoms with E-state index >= 15 is 0 Å². The molecule has 4 rings (SSSR count). The summed E-state index contributed by atoms with van der Waals surface area (Å²) in [5, 5.41) is 6.27. The number of aromatic amines is 1. The summed E-state index contributed by atoms with van der Waals surface area (Å²) in [4.78, 5) is 25.1. The largest absolute Gasteiger partial charge is 0.366 e. The molecule has 1 saturated heterocycles. The third-order valence-electron chi connectivity index (χ3n) is 4.78. The number of fused-ring (bicyclic) bond motifs is 1. The fourth-order valence-corrected chi connectivity index (χ4v) is 3.45. The number of aryl methyl sites for hydroxylation is 2. The van der Waals surface area contributed by atoms with Crippen LogP contribution >= 0.6 is 0 Å². The second kappa shape index (κ2) is 5.33. The van der Waals surface area contributed by atoms with E-state index in [0.717, 1.165) is 43.3 Å². The van der Waals surface area contributed by atoms with E-state index in [1.54, 1.807) is 12.3 Å². The van der Waals surface area contributed by atoms with Crippen LogP contribution in [0.3, 0.4) is 0 Å². The summed E-state index contributed by atoms with van der Waals surface area (Å²) < 4.78 is 0. The summed E-state index contributed by atoms with van der Waals surface area (Å²) in [7, 11) is 2.11. The van der Waals surface area contributed by atoms with Gasteiger partial charge in [-0.1, -0.05) is 0 Å². The lowest BCUT2D eigenvalue weighted by Gasteiger charge is -2.45. The molecule has 2 aromatic rings. The first-order chi connectivity index (χ1) is 11.1. The quantitative estimate of drug-likeness (QED) is 0.898. The van der Waals surface area contributed by atoms with E-state index in [9.17, 15) is 4.79 Å². The lowest BCUT2D eigenvalue weighted by Crippen LogP contribution is -2.59. The van der Waals surface area contributed by atoms with Gasteiger partial charge in [-0.25, -0.2) is 15.1 Å². The molecule has 1 N–H and O–H groups in total. The molecule has 0 unspecified atom stereocenters. The van der Waals surface area contributed by atoms with Crippen molar-refractivity contribution in [3.63, 3.8) is 0 Å². The van der Waals surface area contributed by atoms with Crippen molar-refractivity contribution in [3.8, 4) is 0 Å². The summed E-state index contributed by atoms with van der Waals surface area (Å²) in [5.74, 6) is 1.93. The van der Waals surface area contributed by atoms with Crippen LogP contribution in [0, 0.1) is 6.92 Å². The molecule has 7 nitrogen and oxygen atoms in total. The van der Waals surface area contributed by atoms with Gasteiger partial charge in [-0.2, -0.15) is 5.10 Å². The molecule has 0 aromatic carbocycles. The van der Waals surface area contributed by atoms with Crippen molar-refractivity contribution in [1.82, 2.24) is 20.2 Å².